The van der Waals surface area contributed by atoms with Crippen molar-refractivity contribution in [2.24, 2.45) is 33.9 Å². The zero-order valence-corrected chi connectivity index (χ0v) is 47.4. The Bertz CT molecular complexity index is 2930. The third-order valence-corrected chi connectivity index (χ3v) is 14.4. The third kappa shape index (κ3) is 19.8. The average molecular weight is 1150 g/mol. The van der Waals surface area contributed by atoms with Crippen LogP contribution in [0.1, 0.15) is 68.1 Å². The fraction of sp³-hybridized carbons (Fsp3) is 0.394. The molecule has 0 bridgehead atoms. The number of fused-ring (bicyclic) bond motifs is 3. The van der Waals surface area contributed by atoms with Gasteiger partial charge in [0.15, 0.2) is 0 Å². The number of hydrogen-bond acceptors (Lipinski definition) is 18. The first-order valence-electron chi connectivity index (χ1n) is 28.7. The summed E-state index contributed by atoms with van der Waals surface area (Å²) in [6, 6.07) is 36.1. The van der Waals surface area contributed by atoms with Crippen molar-refractivity contribution in [1.29, 1.82) is 0 Å². The number of benzene rings is 5. The van der Waals surface area contributed by atoms with E-state index in [1.165, 1.54) is 0 Å². The third-order valence-electron chi connectivity index (χ3n) is 14.4. The average Bonchev–Trinajstić information content (AvgIpc) is 3.97. The van der Waals surface area contributed by atoms with Crippen molar-refractivity contribution in [1.82, 2.24) is 0 Å². The molecule has 0 amide bonds. The summed E-state index contributed by atoms with van der Waals surface area (Å²) in [6.07, 6.45) is 9.97. The molecule has 0 unspecified atom stereocenters. The first-order valence-corrected chi connectivity index (χ1v) is 28.7. The molecule has 8 rings (SSSR count). The number of rotatable bonds is 34. The number of carbonyl (C=O) groups excluding carboxylic acids is 4. The Balaban J connectivity index is 0.767. The van der Waals surface area contributed by atoms with Crippen molar-refractivity contribution < 1.29 is 76.0 Å². The summed E-state index contributed by atoms with van der Waals surface area (Å²) in [5.74, 6) is 2.12. The lowest BCUT2D eigenvalue weighted by atomic mass is 9.82. The zero-order valence-electron chi connectivity index (χ0n) is 47.4. The summed E-state index contributed by atoms with van der Waals surface area (Å²) in [5, 5.41) is 9.42. The van der Waals surface area contributed by atoms with Crippen LogP contribution in [0, 0.1) is 23.7 Å². The van der Waals surface area contributed by atoms with Crippen LogP contribution in [0.3, 0.4) is 0 Å². The Morgan fingerprint density at radius 2 is 0.821 bits per heavy atom. The molecule has 5 aromatic rings. The molecule has 0 atom stereocenters. The molecule has 0 radical (unpaired) electrons. The molecule has 2 fully saturated rings. The lowest BCUT2D eigenvalue weighted by molar-refractivity contribution is -0.141. The Morgan fingerprint density at radius 3 is 1.27 bits per heavy atom. The molecule has 0 spiro atoms. The number of nitrogens with zero attached hydrogens (tertiary/aromatic N) is 2. The second-order valence-corrected chi connectivity index (χ2v) is 20.2. The van der Waals surface area contributed by atoms with Crippen molar-refractivity contribution in [2.45, 2.75) is 51.4 Å². The van der Waals surface area contributed by atoms with E-state index in [-0.39, 0.29) is 62.0 Å². The standard InChI is InChI=1S/C66H74N2O16/c1-3-62(69)79-41-37-75-33-31-73-35-39-77-52-21-25-54(26-22-52)83-65(71)49-17-13-47(14-18-49)45-81-56-29-30-61(51(43-56)44-67-68-64-59-11-7-5-9-57(59)58-10-6-8-12-60(58)64)82-46-48-15-19-50(20-16-48)66(72)84-55-27-23-53(24-28-55)78-40-36-74-32-34-76-38-42-80-63(70)4-2/h3-12,21-30,43-44,47-50H,1-2,13-20,31-42,45-46H2/b67-44+. The minimum absolute atomic E-state index is 0.157. The molecule has 2 saturated carbocycles. The number of carbonyl (C=O) groups is 4. The Labute approximate surface area is 490 Å². The van der Waals surface area contributed by atoms with Gasteiger partial charge in [0.2, 0.25) is 0 Å². The van der Waals surface area contributed by atoms with Crippen molar-refractivity contribution in [3.05, 3.63) is 157 Å². The van der Waals surface area contributed by atoms with Crippen LogP contribution < -0.4 is 28.4 Å². The number of hydrogen-bond donors (Lipinski definition) is 0. The van der Waals surface area contributed by atoms with Gasteiger partial charge in [-0.25, -0.2) is 9.59 Å². The maximum atomic E-state index is 13.3. The highest BCUT2D eigenvalue weighted by molar-refractivity contribution is 6.24. The molecule has 5 aromatic carbocycles. The lowest BCUT2D eigenvalue weighted by Gasteiger charge is -2.27. The van der Waals surface area contributed by atoms with Crippen LogP contribution in [0.4, 0.5) is 0 Å². The van der Waals surface area contributed by atoms with E-state index in [1.807, 2.05) is 42.5 Å². The van der Waals surface area contributed by atoms with Gasteiger partial charge in [-0.2, -0.15) is 5.10 Å². The first kappa shape index (κ1) is 61.9. The van der Waals surface area contributed by atoms with Crippen LogP contribution in [0.2, 0.25) is 0 Å². The Kier molecular flexibility index (Phi) is 24.9. The molecule has 3 aliphatic rings. The van der Waals surface area contributed by atoms with Crippen molar-refractivity contribution in [2.75, 3.05) is 92.5 Å². The fourth-order valence-corrected chi connectivity index (χ4v) is 9.86. The molecule has 3 aliphatic carbocycles. The van der Waals surface area contributed by atoms with Crippen LogP contribution in [0.25, 0.3) is 11.1 Å². The zero-order chi connectivity index (χ0) is 58.6. The molecule has 444 valence electrons. The highest BCUT2D eigenvalue weighted by Gasteiger charge is 2.30. The van der Waals surface area contributed by atoms with Crippen molar-refractivity contribution >= 4 is 35.8 Å². The maximum Gasteiger partial charge on any atom is 0.330 e. The molecular weight excluding hydrogens is 1080 g/mol. The lowest BCUT2D eigenvalue weighted by Crippen LogP contribution is -2.28. The van der Waals surface area contributed by atoms with Gasteiger partial charge in [-0.1, -0.05) is 61.7 Å². The van der Waals surface area contributed by atoms with E-state index < -0.39 is 11.9 Å². The van der Waals surface area contributed by atoms with Gasteiger partial charge in [0.25, 0.3) is 0 Å². The van der Waals surface area contributed by atoms with E-state index in [9.17, 15) is 19.2 Å². The Morgan fingerprint density at radius 1 is 0.429 bits per heavy atom. The molecule has 0 saturated heterocycles. The molecule has 18 heteroatoms. The smallest absolute Gasteiger partial charge is 0.330 e. The summed E-state index contributed by atoms with van der Waals surface area (Å²) >= 11 is 0. The van der Waals surface area contributed by atoms with Gasteiger partial charge in [-0.05, 0) is 141 Å². The highest BCUT2D eigenvalue weighted by Crippen LogP contribution is 2.38. The van der Waals surface area contributed by atoms with Gasteiger partial charge in [-0.15, -0.1) is 5.10 Å². The summed E-state index contributed by atoms with van der Waals surface area (Å²) in [6.45, 7) is 11.4. The normalized spacial score (nSPS) is 17.0. The van der Waals surface area contributed by atoms with Gasteiger partial charge < -0.3 is 56.8 Å². The second-order valence-electron chi connectivity index (χ2n) is 20.2. The van der Waals surface area contributed by atoms with E-state index in [0.29, 0.717) is 126 Å². The van der Waals surface area contributed by atoms with E-state index in [2.05, 4.69) is 42.5 Å². The minimum atomic E-state index is -0.485. The van der Waals surface area contributed by atoms with Gasteiger partial charge in [0.05, 0.1) is 84.1 Å². The van der Waals surface area contributed by atoms with Crippen molar-refractivity contribution in [3.63, 3.8) is 0 Å². The number of esters is 4. The topological polar surface area (TPSA) is 204 Å². The van der Waals surface area contributed by atoms with Crippen LogP contribution in [0.5, 0.6) is 34.5 Å². The van der Waals surface area contributed by atoms with Crippen LogP contribution in [-0.4, -0.2) is 128 Å². The molecule has 0 N–H and O–H groups in total. The maximum absolute atomic E-state index is 13.3. The summed E-state index contributed by atoms with van der Waals surface area (Å²) in [7, 11) is 0. The van der Waals surface area contributed by atoms with Crippen molar-refractivity contribution in [3.8, 4) is 45.6 Å². The van der Waals surface area contributed by atoms with Crippen LogP contribution in [-0.2, 0) is 47.6 Å². The fourth-order valence-electron chi connectivity index (χ4n) is 9.86. The molecule has 0 aliphatic heterocycles. The van der Waals surface area contributed by atoms with E-state index in [4.69, 9.17) is 61.9 Å². The molecule has 84 heavy (non-hydrogen) atoms. The van der Waals surface area contributed by atoms with Gasteiger partial charge >= 0.3 is 23.9 Å². The largest absolute Gasteiger partial charge is 0.493 e. The van der Waals surface area contributed by atoms with E-state index >= 15 is 0 Å². The van der Waals surface area contributed by atoms with Crippen LogP contribution in [0.15, 0.2) is 151 Å². The van der Waals surface area contributed by atoms with E-state index in [0.717, 1.165) is 71.4 Å². The SMILES string of the molecule is C=CC(=O)OCCOCCOCCOc1ccc(OC(=O)C2CCC(COc3ccc(OCC4CCC(C(=O)Oc5ccc(OCCOCCOCCOC(=O)C=C)cc5)CC4)c(/C=N/N=C4c5ccccc5-c5ccccc54)c3)CC2)cc1. The van der Waals surface area contributed by atoms with Gasteiger partial charge in [0, 0.05) is 28.8 Å². The molecule has 0 aromatic heterocycles. The molecular formula is C66H74N2O16. The second kappa shape index (κ2) is 33.8. The van der Waals surface area contributed by atoms with Gasteiger partial charge in [-0.3, -0.25) is 9.59 Å². The first-order chi connectivity index (χ1) is 41.2. The summed E-state index contributed by atoms with van der Waals surface area (Å²) in [5.41, 5.74) is 5.83. The minimum Gasteiger partial charge on any atom is -0.493 e. The quantitative estimate of drug-likeness (QED) is 0.00920. The summed E-state index contributed by atoms with van der Waals surface area (Å²) < 4.78 is 67.5. The van der Waals surface area contributed by atoms with E-state index in [1.54, 1.807) is 54.7 Å². The predicted molar refractivity (Wildman–Crippen MR) is 314 cm³/mol. The summed E-state index contributed by atoms with van der Waals surface area (Å²) in [4.78, 5) is 48.6. The van der Waals surface area contributed by atoms with Gasteiger partial charge in [0.1, 0.15) is 66.6 Å². The highest BCUT2D eigenvalue weighted by atomic mass is 16.6. The predicted octanol–water partition coefficient (Wildman–Crippen LogP) is 10.4. The Hall–Kier alpha value is -8.16. The molecule has 18 nitrogen and oxygen atoms in total. The number of ether oxygens (including phenoxy) is 12. The van der Waals surface area contributed by atoms with Crippen LogP contribution >= 0.6 is 0 Å². The molecule has 0 heterocycles. The monoisotopic (exact) mass is 1150 g/mol.